The maximum Gasteiger partial charge on any atom is 0.151 e. The lowest BCUT2D eigenvalue weighted by atomic mass is 10.1. The van der Waals surface area contributed by atoms with E-state index in [9.17, 15) is 8.42 Å². The SMILES string of the molecule is CCCS(=O)(=O)CCN1CCCC1CNC(C)(C)C. The van der Waals surface area contributed by atoms with Crippen molar-refractivity contribution in [3.63, 3.8) is 0 Å². The molecule has 0 aromatic rings. The Bertz CT molecular complexity index is 360. The minimum atomic E-state index is -2.85. The van der Waals surface area contributed by atoms with Crippen molar-refractivity contribution in [1.82, 2.24) is 10.2 Å². The predicted molar refractivity (Wildman–Crippen MR) is 81.3 cm³/mol. The van der Waals surface area contributed by atoms with Gasteiger partial charge >= 0.3 is 0 Å². The third-order valence-electron chi connectivity index (χ3n) is 3.57. The Morgan fingerprint density at radius 1 is 1.26 bits per heavy atom. The molecule has 0 radical (unpaired) electrons. The summed E-state index contributed by atoms with van der Waals surface area (Å²) in [6, 6.07) is 0.496. The fourth-order valence-corrected chi connectivity index (χ4v) is 3.85. The summed E-state index contributed by atoms with van der Waals surface area (Å²) >= 11 is 0. The average Bonchev–Trinajstić information content (AvgIpc) is 2.70. The van der Waals surface area contributed by atoms with E-state index in [4.69, 9.17) is 0 Å². The van der Waals surface area contributed by atoms with Crippen LogP contribution in [-0.2, 0) is 9.84 Å². The molecule has 1 aliphatic rings. The zero-order valence-corrected chi connectivity index (χ0v) is 13.7. The normalized spacial score (nSPS) is 22.0. The second-order valence-electron chi connectivity index (χ2n) is 6.61. The third-order valence-corrected chi connectivity index (χ3v) is 5.41. The van der Waals surface area contributed by atoms with Crippen molar-refractivity contribution in [3.05, 3.63) is 0 Å². The van der Waals surface area contributed by atoms with Crippen molar-refractivity contribution in [1.29, 1.82) is 0 Å². The monoisotopic (exact) mass is 290 g/mol. The highest BCUT2D eigenvalue weighted by Crippen LogP contribution is 2.17. The molecule has 1 fully saturated rings. The van der Waals surface area contributed by atoms with Gasteiger partial charge in [0.2, 0.25) is 0 Å². The first-order valence-electron chi connectivity index (χ1n) is 7.43. The molecule has 5 heteroatoms. The standard InChI is InChI=1S/C14H30N2O2S/c1-5-10-19(17,18)11-9-16-8-6-7-13(16)12-15-14(2,3)4/h13,15H,5-12H2,1-4H3. The van der Waals surface area contributed by atoms with Crippen molar-refractivity contribution in [2.45, 2.75) is 58.5 Å². The summed E-state index contributed by atoms with van der Waals surface area (Å²) in [5.74, 6) is 0.638. The van der Waals surface area contributed by atoms with Gasteiger partial charge in [-0.05, 0) is 46.6 Å². The molecule has 0 aromatic heterocycles. The van der Waals surface area contributed by atoms with Gasteiger partial charge in [0.15, 0.2) is 9.84 Å². The Morgan fingerprint density at radius 2 is 1.95 bits per heavy atom. The molecule has 0 aromatic carbocycles. The zero-order chi connectivity index (χ0) is 14.5. The van der Waals surface area contributed by atoms with Gasteiger partial charge in [-0.25, -0.2) is 8.42 Å². The van der Waals surface area contributed by atoms with E-state index in [1.807, 2.05) is 6.92 Å². The van der Waals surface area contributed by atoms with Crippen LogP contribution in [0.4, 0.5) is 0 Å². The largest absolute Gasteiger partial charge is 0.311 e. The predicted octanol–water partition coefficient (Wildman–Crippen LogP) is 1.66. The molecule has 0 saturated carbocycles. The van der Waals surface area contributed by atoms with E-state index in [0.717, 1.165) is 19.5 Å². The summed E-state index contributed by atoms with van der Waals surface area (Å²) in [7, 11) is -2.85. The Hall–Kier alpha value is -0.130. The smallest absolute Gasteiger partial charge is 0.151 e. The van der Waals surface area contributed by atoms with E-state index in [1.54, 1.807) is 0 Å². The molecule has 1 saturated heterocycles. The minimum Gasteiger partial charge on any atom is -0.311 e. The summed E-state index contributed by atoms with van der Waals surface area (Å²) in [4.78, 5) is 2.34. The zero-order valence-electron chi connectivity index (χ0n) is 12.9. The van der Waals surface area contributed by atoms with E-state index in [2.05, 4.69) is 31.0 Å². The van der Waals surface area contributed by atoms with E-state index >= 15 is 0 Å². The summed E-state index contributed by atoms with van der Waals surface area (Å²) < 4.78 is 23.5. The molecule has 1 N–H and O–H groups in total. The third kappa shape index (κ3) is 6.72. The van der Waals surface area contributed by atoms with Crippen LogP contribution < -0.4 is 5.32 Å². The highest BCUT2D eigenvalue weighted by atomic mass is 32.2. The molecule has 1 heterocycles. The first-order valence-corrected chi connectivity index (χ1v) is 9.25. The summed E-state index contributed by atoms with van der Waals surface area (Å²) in [5.41, 5.74) is 0.128. The topological polar surface area (TPSA) is 49.4 Å². The summed E-state index contributed by atoms with van der Waals surface area (Å²) in [6.45, 7) is 11.1. The van der Waals surface area contributed by atoms with E-state index < -0.39 is 9.84 Å². The summed E-state index contributed by atoms with van der Waals surface area (Å²) in [6.07, 6.45) is 3.08. The van der Waals surface area contributed by atoms with E-state index in [-0.39, 0.29) is 5.54 Å². The van der Waals surface area contributed by atoms with Crippen molar-refractivity contribution >= 4 is 9.84 Å². The van der Waals surface area contributed by atoms with Crippen LogP contribution in [0.3, 0.4) is 0 Å². The number of hydrogen-bond donors (Lipinski definition) is 1. The van der Waals surface area contributed by atoms with Gasteiger partial charge in [-0.2, -0.15) is 0 Å². The molecule has 19 heavy (non-hydrogen) atoms. The Kier molecular flexibility index (Phi) is 6.27. The Morgan fingerprint density at radius 3 is 2.53 bits per heavy atom. The molecule has 1 aliphatic heterocycles. The number of nitrogens with zero attached hydrogens (tertiary/aromatic N) is 1. The first-order chi connectivity index (χ1) is 8.73. The van der Waals surface area contributed by atoms with Gasteiger partial charge in [0.25, 0.3) is 0 Å². The molecule has 114 valence electrons. The first kappa shape index (κ1) is 16.9. The molecule has 4 nitrogen and oxygen atoms in total. The second kappa shape index (κ2) is 7.04. The molecule has 1 rings (SSSR count). The number of nitrogens with one attached hydrogen (secondary N) is 1. The maximum absolute atomic E-state index is 11.8. The van der Waals surface area contributed by atoms with Gasteiger partial charge in [0, 0.05) is 30.4 Å². The van der Waals surface area contributed by atoms with Crippen LogP contribution in [0.25, 0.3) is 0 Å². The fourth-order valence-electron chi connectivity index (χ4n) is 2.51. The van der Waals surface area contributed by atoms with Crippen LogP contribution in [0.2, 0.25) is 0 Å². The molecule has 0 spiro atoms. The van der Waals surface area contributed by atoms with Crippen LogP contribution in [0.15, 0.2) is 0 Å². The van der Waals surface area contributed by atoms with Gasteiger partial charge in [0.1, 0.15) is 0 Å². The minimum absolute atomic E-state index is 0.128. The molecule has 1 atom stereocenters. The van der Waals surface area contributed by atoms with Crippen LogP contribution in [-0.4, -0.2) is 56.0 Å². The van der Waals surface area contributed by atoms with Crippen LogP contribution >= 0.6 is 0 Å². The van der Waals surface area contributed by atoms with Crippen molar-refractivity contribution in [2.75, 3.05) is 31.1 Å². The van der Waals surface area contributed by atoms with E-state index in [1.165, 1.54) is 12.8 Å². The van der Waals surface area contributed by atoms with Crippen molar-refractivity contribution in [3.8, 4) is 0 Å². The Balaban J connectivity index is 2.40. The Labute approximate surface area is 118 Å². The lowest BCUT2D eigenvalue weighted by Gasteiger charge is -2.28. The van der Waals surface area contributed by atoms with Gasteiger partial charge in [0.05, 0.1) is 5.75 Å². The fraction of sp³-hybridized carbons (Fsp3) is 1.00. The summed E-state index contributed by atoms with van der Waals surface area (Å²) in [5, 5.41) is 3.52. The quantitative estimate of drug-likeness (QED) is 0.775. The molecular weight excluding hydrogens is 260 g/mol. The average molecular weight is 290 g/mol. The molecule has 0 amide bonds. The van der Waals surface area contributed by atoms with Gasteiger partial charge in [-0.3, -0.25) is 4.90 Å². The van der Waals surface area contributed by atoms with Crippen LogP contribution in [0.5, 0.6) is 0 Å². The lowest BCUT2D eigenvalue weighted by molar-refractivity contribution is 0.244. The van der Waals surface area contributed by atoms with Gasteiger partial charge in [-0.15, -0.1) is 0 Å². The molecular formula is C14H30N2O2S. The van der Waals surface area contributed by atoms with Gasteiger partial charge in [-0.1, -0.05) is 6.92 Å². The molecule has 1 unspecified atom stereocenters. The number of rotatable bonds is 7. The number of hydrogen-bond acceptors (Lipinski definition) is 4. The molecule has 0 aliphatic carbocycles. The number of sulfone groups is 1. The second-order valence-corrected chi connectivity index (χ2v) is 8.92. The van der Waals surface area contributed by atoms with Crippen LogP contribution in [0, 0.1) is 0 Å². The van der Waals surface area contributed by atoms with E-state index in [0.29, 0.717) is 24.1 Å². The van der Waals surface area contributed by atoms with Gasteiger partial charge < -0.3 is 5.32 Å². The highest BCUT2D eigenvalue weighted by molar-refractivity contribution is 7.91. The van der Waals surface area contributed by atoms with Crippen LogP contribution in [0.1, 0.15) is 47.0 Å². The molecule has 0 bridgehead atoms. The highest BCUT2D eigenvalue weighted by Gasteiger charge is 2.26. The number of likely N-dealkylation sites (tertiary alicyclic amines) is 1. The van der Waals surface area contributed by atoms with Crippen molar-refractivity contribution in [2.24, 2.45) is 0 Å². The lowest BCUT2D eigenvalue weighted by Crippen LogP contribution is -2.46. The van der Waals surface area contributed by atoms with Crippen molar-refractivity contribution < 1.29 is 8.42 Å². The maximum atomic E-state index is 11.8.